The lowest BCUT2D eigenvalue weighted by molar-refractivity contribution is -0.383. The van der Waals surface area contributed by atoms with E-state index in [1.54, 1.807) is 6.92 Å². The summed E-state index contributed by atoms with van der Waals surface area (Å²) in [7, 11) is 0. The van der Waals surface area contributed by atoms with Crippen LogP contribution in [0.3, 0.4) is 0 Å². The third kappa shape index (κ3) is 3.93. The van der Waals surface area contributed by atoms with E-state index in [2.05, 4.69) is 0 Å². The van der Waals surface area contributed by atoms with Crippen molar-refractivity contribution in [2.45, 2.75) is 13.3 Å². The van der Waals surface area contributed by atoms with Gasteiger partial charge >= 0.3 is 11.7 Å². The zero-order valence-corrected chi connectivity index (χ0v) is 15.4. The molecule has 0 saturated carbocycles. The number of nitrogens with two attached hydrogens (primary N) is 1. The quantitative estimate of drug-likeness (QED) is 0.382. The van der Waals surface area contributed by atoms with Gasteiger partial charge in [0.15, 0.2) is 5.82 Å². The molecule has 0 spiro atoms. The molecule has 0 amide bonds. The fraction of sp³-hybridized carbons (Fsp3) is 0.150. The van der Waals surface area contributed by atoms with Gasteiger partial charge < -0.3 is 10.5 Å². The second kappa shape index (κ2) is 8.09. The maximum Gasteiger partial charge on any atom is 0.319 e. The van der Waals surface area contributed by atoms with Crippen molar-refractivity contribution in [1.82, 2.24) is 4.57 Å². The maximum absolute atomic E-state index is 13.4. The molecule has 0 saturated heterocycles. The standard InChI is InChI=1S/C20H17F2N3O4/c1-2-29-17(26)11-16-18(12-3-5-13(21)6-4-12)19(25(27)28)20(23)24(16)15-9-7-14(22)8-10-15/h3-10H,2,11,23H2,1H3. The Morgan fingerprint density at radius 2 is 1.66 bits per heavy atom. The smallest absolute Gasteiger partial charge is 0.319 e. The summed E-state index contributed by atoms with van der Waals surface area (Å²) in [5.41, 5.74) is 6.57. The third-order valence-corrected chi connectivity index (χ3v) is 4.30. The molecule has 0 aliphatic heterocycles. The van der Waals surface area contributed by atoms with E-state index in [1.165, 1.54) is 41.0 Å². The Labute approximate surface area is 164 Å². The molecule has 0 bridgehead atoms. The van der Waals surface area contributed by atoms with Crippen LogP contribution in [0.2, 0.25) is 0 Å². The Kier molecular flexibility index (Phi) is 5.58. The van der Waals surface area contributed by atoms with Crippen LogP contribution >= 0.6 is 0 Å². The Morgan fingerprint density at radius 1 is 1.10 bits per heavy atom. The van der Waals surface area contributed by atoms with Crippen molar-refractivity contribution in [2.24, 2.45) is 0 Å². The van der Waals surface area contributed by atoms with Gasteiger partial charge in [-0.1, -0.05) is 12.1 Å². The number of hydrogen-bond donors (Lipinski definition) is 1. The highest BCUT2D eigenvalue weighted by Gasteiger charge is 2.32. The van der Waals surface area contributed by atoms with Crippen LogP contribution < -0.4 is 5.73 Å². The molecule has 0 atom stereocenters. The Bertz CT molecular complexity index is 1060. The van der Waals surface area contributed by atoms with Gasteiger partial charge in [-0.05, 0) is 48.9 Å². The van der Waals surface area contributed by atoms with E-state index in [0.717, 1.165) is 12.1 Å². The molecule has 9 heteroatoms. The SMILES string of the molecule is CCOC(=O)Cc1c(-c2ccc(F)cc2)c([N+](=O)[O-])c(N)n1-c1ccc(F)cc1. The minimum absolute atomic E-state index is 0.0740. The van der Waals surface area contributed by atoms with Gasteiger partial charge in [0.05, 0.1) is 29.2 Å². The third-order valence-electron chi connectivity index (χ3n) is 4.30. The number of ether oxygens (including phenoxy) is 1. The second-order valence-electron chi connectivity index (χ2n) is 6.11. The molecule has 2 aromatic carbocycles. The molecule has 0 radical (unpaired) electrons. The molecule has 3 rings (SSSR count). The molecule has 1 aromatic heterocycles. The van der Waals surface area contributed by atoms with Crippen LogP contribution in [0.5, 0.6) is 0 Å². The lowest BCUT2D eigenvalue weighted by atomic mass is 10.0. The van der Waals surface area contributed by atoms with Crippen molar-refractivity contribution in [3.63, 3.8) is 0 Å². The number of hydrogen-bond acceptors (Lipinski definition) is 5. The average molecular weight is 401 g/mol. The Hall–Kier alpha value is -3.75. The number of esters is 1. The van der Waals surface area contributed by atoms with Gasteiger partial charge in [-0.3, -0.25) is 19.5 Å². The largest absolute Gasteiger partial charge is 0.466 e. The van der Waals surface area contributed by atoms with Gasteiger partial charge in [0.25, 0.3) is 0 Å². The summed E-state index contributed by atoms with van der Waals surface area (Å²) in [5.74, 6) is -1.87. The number of rotatable bonds is 6. The lowest BCUT2D eigenvalue weighted by Gasteiger charge is -2.12. The summed E-state index contributed by atoms with van der Waals surface area (Å²) in [6, 6.07) is 10.1. The number of nitrogens with zero attached hydrogens (tertiary/aromatic N) is 2. The summed E-state index contributed by atoms with van der Waals surface area (Å²) in [4.78, 5) is 23.4. The van der Waals surface area contributed by atoms with Gasteiger partial charge in [-0.2, -0.15) is 0 Å². The van der Waals surface area contributed by atoms with E-state index < -0.39 is 28.2 Å². The highest BCUT2D eigenvalue weighted by molar-refractivity contribution is 5.88. The first-order valence-electron chi connectivity index (χ1n) is 8.68. The predicted octanol–water partition coefficient (Wildman–Crippen LogP) is 4.02. The maximum atomic E-state index is 13.4. The number of halogens is 2. The number of carbonyl (C=O) groups is 1. The summed E-state index contributed by atoms with van der Waals surface area (Å²) >= 11 is 0. The molecule has 2 N–H and O–H groups in total. The highest BCUT2D eigenvalue weighted by Crippen LogP contribution is 2.42. The molecular weight excluding hydrogens is 384 g/mol. The number of nitrogen functional groups attached to an aromatic ring is 1. The summed E-state index contributed by atoms with van der Waals surface area (Å²) < 4.78 is 33.1. The van der Waals surface area contributed by atoms with Crippen molar-refractivity contribution in [2.75, 3.05) is 12.3 Å². The summed E-state index contributed by atoms with van der Waals surface area (Å²) in [6.45, 7) is 1.76. The number of carbonyl (C=O) groups excluding carboxylic acids is 1. The van der Waals surface area contributed by atoms with E-state index in [4.69, 9.17) is 10.5 Å². The van der Waals surface area contributed by atoms with Crippen molar-refractivity contribution < 1.29 is 23.2 Å². The van der Waals surface area contributed by atoms with Crippen LogP contribution in [0, 0.1) is 21.7 Å². The van der Waals surface area contributed by atoms with Gasteiger partial charge in [0, 0.05) is 5.69 Å². The molecule has 29 heavy (non-hydrogen) atoms. The van der Waals surface area contributed by atoms with Gasteiger partial charge in [0.2, 0.25) is 0 Å². The Balaban J connectivity index is 2.33. The number of benzene rings is 2. The first-order valence-corrected chi connectivity index (χ1v) is 8.68. The number of nitro groups is 1. The molecule has 1 heterocycles. The molecule has 150 valence electrons. The zero-order valence-electron chi connectivity index (χ0n) is 15.4. The normalized spacial score (nSPS) is 10.7. The topological polar surface area (TPSA) is 100 Å². The van der Waals surface area contributed by atoms with Gasteiger partial charge in [-0.25, -0.2) is 8.78 Å². The van der Waals surface area contributed by atoms with E-state index in [-0.39, 0.29) is 30.1 Å². The van der Waals surface area contributed by atoms with Crippen molar-refractivity contribution >= 4 is 17.5 Å². The zero-order chi connectivity index (χ0) is 21.1. The van der Waals surface area contributed by atoms with Crippen molar-refractivity contribution in [1.29, 1.82) is 0 Å². The summed E-state index contributed by atoms with van der Waals surface area (Å²) in [5, 5.41) is 11.8. The molecular formula is C20H17F2N3O4. The average Bonchev–Trinajstić information content (AvgIpc) is 2.95. The van der Waals surface area contributed by atoms with Crippen molar-refractivity contribution in [3.05, 3.63) is 76.0 Å². The minimum atomic E-state index is -0.664. The monoisotopic (exact) mass is 401 g/mol. The fourth-order valence-electron chi connectivity index (χ4n) is 3.13. The lowest BCUT2D eigenvalue weighted by Crippen LogP contribution is -2.13. The molecule has 0 fully saturated rings. The molecule has 0 aliphatic rings. The van der Waals surface area contributed by atoms with Crippen LogP contribution in [0.4, 0.5) is 20.3 Å². The molecule has 7 nitrogen and oxygen atoms in total. The van der Waals surface area contributed by atoms with Gasteiger partial charge in [-0.15, -0.1) is 0 Å². The highest BCUT2D eigenvalue weighted by atomic mass is 19.1. The molecule has 3 aromatic rings. The Morgan fingerprint density at radius 3 is 2.17 bits per heavy atom. The van der Waals surface area contributed by atoms with Crippen LogP contribution in [-0.4, -0.2) is 22.1 Å². The second-order valence-corrected chi connectivity index (χ2v) is 6.11. The van der Waals surface area contributed by atoms with E-state index >= 15 is 0 Å². The van der Waals surface area contributed by atoms with Crippen LogP contribution in [0.1, 0.15) is 12.6 Å². The first-order chi connectivity index (χ1) is 13.8. The number of aromatic nitrogens is 1. The predicted molar refractivity (Wildman–Crippen MR) is 103 cm³/mol. The van der Waals surface area contributed by atoms with E-state index in [9.17, 15) is 23.7 Å². The summed E-state index contributed by atoms with van der Waals surface area (Å²) in [6.07, 6.45) is -0.323. The fourth-order valence-corrected chi connectivity index (χ4v) is 3.13. The number of anilines is 1. The van der Waals surface area contributed by atoms with E-state index in [0.29, 0.717) is 11.3 Å². The van der Waals surface area contributed by atoms with Crippen molar-refractivity contribution in [3.8, 4) is 16.8 Å². The van der Waals surface area contributed by atoms with E-state index in [1.807, 2.05) is 0 Å². The molecule has 0 unspecified atom stereocenters. The van der Waals surface area contributed by atoms with Crippen LogP contribution in [-0.2, 0) is 16.0 Å². The minimum Gasteiger partial charge on any atom is -0.466 e. The van der Waals surface area contributed by atoms with Crippen LogP contribution in [0.15, 0.2) is 48.5 Å². The first kappa shape index (κ1) is 20.0. The molecule has 0 aliphatic carbocycles. The van der Waals surface area contributed by atoms with Crippen LogP contribution in [0.25, 0.3) is 16.8 Å². The van der Waals surface area contributed by atoms with Gasteiger partial charge in [0.1, 0.15) is 11.6 Å².